The summed E-state index contributed by atoms with van der Waals surface area (Å²) in [4.78, 5) is 15.9. The van der Waals surface area contributed by atoms with Crippen LogP contribution in [0.1, 0.15) is 62.6 Å². The standard InChI is InChI=1S/C26H35F6N3O5S/c1-15(2)24(7-3-19(13-24)35(23(37)26(30,31)32)18-5-9-40-10-6-18)22(36)34-8-4-20-16(14-34)11-17(25(27,28)29)12-21(20)41(33,38)39/h11-12,15,18-19,23,37H,3-10,13-14H2,1-2H3,(H2,33,38,39)/t19-,23?,24+/m1/s1. The second kappa shape index (κ2) is 11.3. The molecule has 1 aliphatic carbocycles. The van der Waals surface area contributed by atoms with E-state index in [4.69, 9.17) is 9.88 Å². The number of amides is 1. The molecule has 1 saturated carbocycles. The molecule has 3 atom stereocenters. The number of aliphatic hydroxyl groups excluding tert-OH is 1. The number of hydrogen-bond donors (Lipinski definition) is 2. The monoisotopic (exact) mass is 615 g/mol. The number of fused-ring (bicyclic) bond motifs is 1. The Labute approximate surface area is 234 Å². The molecule has 0 spiro atoms. The molecule has 1 saturated heterocycles. The lowest BCUT2D eigenvalue weighted by atomic mass is 9.73. The van der Waals surface area contributed by atoms with Gasteiger partial charge in [0.05, 0.1) is 15.9 Å². The first kappa shape index (κ1) is 32.0. The highest BCUT2D eigenvalue weighted by molar-refractivity contribution is 7.89. The zero-order valence-electron chi connectivity index (χ0n) is 22.8. The van der Waals surface area contributed by atoms with Gasteiger partial charge in [-0.25, -0.2) is 13.6 Å². The number of alkyl halides is 6. The molecule has 1 aromatic rings. The second-order valence-electron chi connectivity index (χ2n) is 11.5. The number of ether oxygens (including phenoxy) is 1. The van der Waals surface area contributed by atoms with E-state index in [1.54, 1.807) is 13.8 Å². The molecule has 41 heavy (non-hydrogen) atoms. The van der Waals surface area contributed by atoms with Crippen molar-refractivity contribution in [2.24, 2.45) is 16.5 Å². The van der Waals surface area contributed by atoms with E-state index in [0.717, 1.165) is 11.0 Å². The summed E-state index contributed by atoms with van der Waals surface area (Å²) in [5.74, 6) is -0.744. The number of nitrogens with zero attached hydrogens (tertiary/aromatic N) is 2. The van der Waals surface area contributed by atoms with E-state index in [0.29, 0.717) is 18.9 Å². The molecule has 1 aromatic carbocycles. The highest BCUT2D eigenvalue weighted by Crippen LogP contribution is 2.50. The maximum Gasteiger partial charge on any atom is 0.428 e. The number of aliphatic hydroxyl groups is 1. The smallest absolute Gasteiger partial charge is 0.381 e. The van der Waals surface area contributed by atoms with Crippen molar-refractivity contribution in [3.63, 3.8) is 0 Å². The largest absolute Gasteiger partial charge is 0.428 e. The number of nitrogens with two attached hydrogens (primary N) is 1. The van der Waals surface area contributed by atoms with E-state index in [-0.39, 0.29) is 69.0 Å². The van der Waals surface area contributed by atoms with E-state index >= 15 is 0 Å². The maximum atomic E-state index is 14.1. The summed E-state index contributed by atoms with van der Waals surface area (Å²) in [6, 6.07) is -0.0402. The highest BCUT2D eigenvalue weighted by Gasteiger charge is 2.55. The van der Waals surface area contributed by atoms with Gasteiger partial charge in [0.1, 0.15) is 0 Å². The van der Waals surface area contributed by atoms with Crippen molar-refractivity contribution in [1.82, 2.24) is 9.80 Å². The van der Waals surface area contributed by atoms with Crippen LogP contribution in [-0.2, 0) is 38.7 Å². The first-order valence-corrected chi connectivity index (χ1v) is 15.1. The fraction of sp³-hybridized carbons (Fsp3) is 0.731. The number of halogens is 6. The first-order chi connectivity index (χ1) is 18.9. The summed E-state index contributed by atoms with van der Waals surface area (Å²) >= 11 is 0. The Morgan fingerprint density at radius 3 is 2.29 bits per heavy atom. The topological polar surface area (TPSA) is 113 Å². The number of hydrogen-bond acceptors (Lipinski definition) is 6. The molecular weight excluding hydrogens is 580 g/mol. The Hall–Kier alpha value is -1.94. The lowest BCUT2D eigenvalue weighted by Gasteiger charge is -2.43. The molecule has 2 fully saturated rings. The average molecular weight is 616 g/mol. The van der Waals surface area contributed by atoms with Crippen LogP contribution in [0.4, 0.5) is 26.3 Å². The zero-order chi connectivity index (χ0) is 30.5. The van der Waals surface area contributed by atoms with Crippen molar-refractivity contribution in [3.8, 4) is 0 Å². The second-order valence-corrected chi connectivity index (χ2v) is 13.1. The van der Waals surface area contributed by atoms with Crippen molar-refractivity contribution in [2.45, 2.75) is 94.5 Å². The molecule has 15 heteroatoms. The van der Waals surface area contributed by atoms with Crippen LogP contribution in [0, 0.1) is 11.3 Å². The Bertz CT molecular complexity index is 1250. The molecule has 3 aliphatic rings. The highest BCUT2D eigenvalue weighted by atomic mass is 32.2. The van der Waals surface area contributed by atoms with Gasteiger partial charge in [0, 0.05) is 38.4 Å². The minimum Gasteiger partial charge on any atom is -0.381 e. The van der Waals surface area contributed by atoms with Gasteiger partial charge in [-0.15, -0.1) is 0 Å². The number of rotatable bonds is 6. The number of carbonyl (C=O) groups excluding carboxylic acids is 1. The third-order valence-corrected chi connectivity index (χ3v) is 9.86. The average Bonchev–Trinajstić information content (AvgIpc) is 3.32. The molecule has 232 valence electrons. The fourth-order valence-electron chi connectivity index (χ4n) is 6.68. The Balaban J connectivity index is 1.65. The van der Waals surface area contributed by atoms with Crippen molar-refractivity contribution in [1.29, 1.82) is 0 Å². The van der Waals surface area contributed by atoms with Gasteiger partial charge in [-0.05, 0) is 67.7 Å². The van der Waals surface area contributed by atoms with E-state index in [2.05, 4.69) is 0 Å². The molecule has 4 rings (SSSR count). The molecule has 8 nitrogen and oxygen atoms in total. The van der Waals surface area contributed by atoms with Crippen LogP contribution in [0.25, 0.3) is 0 Å². The SMILES string of the molecule is CC(C)[C@]1(C(=O)N2CCc3c(cc(C(F)(F)F)cc3S(N)(=O)=O)C2)CC[C@@H](N(C2CCOCC2)C(O)C(F)(F)F)C1. The third kappa shape index (κ3) is 6.38. The summed E-state index contributed by atoms with van der Waals surface area (Å²) in [6.07, 6.45) is -11.5. The van der Waals surface area contributed by atoms with Gasteiger partial charge in [-0.3, -0.25) is 9.69 Å². The molecule has 0 aromatic heterocycles. The van der Waals surface area contributed by atoms with Gasteiger partial charge in [-0.2, -0.15) is 26.3 Å². The maximum absolute atomic E-state index is 14.1. The summed E-state index contributed by atoms with van der Waals surface area (Å²) in [5.41, 5.74) is -2.21. The lowest BCUT2D eigenvalue weighted by molar-refractivity contribution is -0.267. The van der Waals surface area contributed by atoms with Gasteiger partial charge < -0.3 is 14.7 Å². The zero-order valence-corrected chi connectivity index (χ0v) is 23.6. The normalized spacial score (nSPS) is 25.6. The minimum atomic E-state index is -4.90. The van der Waals surface area contributed by atoms with Crippen LogP contribution < -0.4 is 5.14 Å². The van der Waals surface area contributed by atoms with Crippen LogP contribution in [0.15, 0.2) is 17.0 Å². The molecule has 0 bridgehead atoms. The van der Waals surface area contributed by atoms with Crippen molar-refractivity contribution >= 4 is 15.9 Å². The van der Waals surface area contributed by atoms with E-state index < -0.39 is 62.5 Å². The van der Waals surface area contributed by atoms with Crippen LogP contribution >= 0.6 is 0 Å². The quantitative estimate of drug-likeness (QED) is 0.372. The number of primary sulfonamides is 1. The molecule has 0 radical (unpaired) electrons. The summed E-state index contributed by atoms with van der Waals surface area (Å²) < 4.78 is 112. The van der Waals surface area contributed by atoms with Crippen LogP contribution in [-0.4, -0.2) is 73.5 Å². The molecule has 2 heterocycles. The number of benzene rings is 1. The molecule has 1 amide bonds. The third-order valence-electron chi connectivity index (χ3n) is 8.88. The summed E-state index contributed by atoms with van der Waals surface area (Å²) in [6.45, 7) is 3.76. The van der Waals surface area contributed by atoms with Gasteiger partial charge in [0.25, 0.3) is 0 Å². The minimum absolute atomic E-state index is 0.00762. The molecule has 2 aliphatic heterocycles. The van der Waals surface area contributed by atoms with Crippen molar-refractivity contribution in [3.05, 3.63) is 28.8 Å². The number of sulfonamides is 1. The Morgan fingerprint density at radius 2 is 1.76 bits per heavy atom. The van der Waals surface area contributed by atoms with Crippen LogP contribution in [0.5, 0.6) is 0 Å². The Kier molecular flexibility index (Phi) is 8.80. The predicted octanol–water partition coefficient (Wildman–Crippen LogP) is 3.79. The van der Waals surface area contributed by atoms with Gasteiger partial charge in [-0.1, -0.05) is 13.8 Å². The lowest BCUT2D eigenvalue weighted by Crippen LogP contribution is -2.56. The first-order valence-electron chi connectivity index (χ1n) is 13.5. The molecule has 3 N–H and O–H groups in total. The van der Waals surface area contributed by atoms with E-state index in [1.165, 1.54) is 4.90 Å². The van der Waals surface area contributed by atoms with Crippen molar-refractivity contribution < 1.29 is 49.4 Å². The van der Waals surface area contributed by atoms with E-state index in [1.807, 2.05) is 0 Å². The molecule has 1 unspecified atom stereocenters. The predicted molar refractivity (Wildman–Crippen MR) is 135 cm³/mol. The fourth-order valence-corrected chi connectivity index (χ4v) is 7.55. The van der Waals surface area contributed by atoms with Crippen molar-refractivity contribution in [2.75, 3.05) is 19.8 Å². The molecular formula is C26H35F6N3O5S. The van der Waals surface area contributed by atoms with Gasteiger partial charge in [0.2, 0.25) is 22.2 Å². The van der Waals surface area contributed by atoms with E-state index in [9.17, 15) is 44.7 Å². The summed E-state index contributed by atoms with van der Waals surface area (Å²) in [5, 5.41) is 15.6. The Morgan fingerprint density at radius 1 is 1.12 bits per heavy atom. The summed E-state index contributed by atoms with van der Waals surface area (Å²) in [7, 11) is -4.49. The van der Waals surface area contributed by atoms with Gasteiger partial charge in [0.15, 0.2) is 0 Å². The van der Waals surface area contributed by atoms with Crippen LogP contribution in [0.3, 0.4) is 0 Å². The number of carbonyl (C=O) groups is 1. The van der Waals surface area contributed by atoms with Gasteiger partial charge >= 0.3 is 12.4 Å². The van der Waals surface area contributed by atoms with Crippen LogP contribution in [0.2, 0.25) is 0 Å².